The molecule has 7 heteroatoms. The van der Waals surface area contributed by atoms with Crippen LogP contribution in [0, 0.1) is 5.92 Å². The van der Waals surface area contributed by atoms with E-state index >= 15 is 0 Å². The standard InChI is InChI=1S/C22H25N3O3S/c26-20(23-13-15-29-16-17-8-2-1-3-9-17)12-6-7-14-25-21(27)18-10-4-5-11-19(18)24-22(25)28/h1-5,8-11,18H,6-7,12-16H2,(H,23,26). The number of rotatable bonds is 10. The molecule has 0 spiro atoms. The third kappa shape index (κ3) is 6.15. The molecule has 1 N–H and O–H groups in total. The lowest BCUT2D eigenvalue weighted by Gasteiger charge is -2.28. The number of nitrogens with zero attached hydrogens (tertiary/aromatic N) is 2. The summed E-state index contributed by atoms with van der Waals surface area (Å²) in [7, 11) is 0. The van der Waals surface area contributed by atoms with Crippen LogP contribution in [0.3, 0.4) is 0 Å². The van der Waals surface area contributed by atoms with Crippen molar-refractivity contribution in [3.8, 4) is 0 Å². The molecule has 6 nitrogen and oxygen atoms in total. The predicted molar refractivity (Wildman–Crippen MR) is 116 cm³/mol. The maximum absolute atomic E-state index is 12.5. The molecule has 1 heterocycles. The van der Waals surface area contributed by atoms with Gasteiger partial charge in [0.2, 0.25) is 11.8 Å². The fourth-order valence-corrected chi connectivity index (χ4v) is 3.98. The van der Waals surface area contributed by atoms with Crippen molar-refractivity contribution >= 4 is 35.3 Å². The Kier molecular flexibility index (Phi) is 7.81. The number of nitrogens with one attached hydrogen (secondary N) is 1. The topological polar surface area (TPSA) is 78.8 Å². The van der Waals surface area contributed by atoms with E-state index in [9.17, 15) is 14.4 Å². The Balaban J connectivity index is 1.28. The van der Waals surface area contributed by atoms with Crippen LogP contribution in [0.2, 0.25) is 0 Å². The molecule has 152 valence electrons. The normalized spacial score (nSPS) is 17.9. The molecule has 1 unspecified atom stereocenters. The zero-order chi connectivity index (χ0) is 20.5. The summed E-state index contributed by atoms with van der Waals surface area (Å²) in [6, 6.07) is 9.72. The summed E-state index contributed by atoms with van der Waals surface area (Å²) in [4.78, 5) is 41.7. The van der Waals surface area contributed by atoms with Crippen molar-refractivity contribution in [2.75, 3.05) is 18.8 Å². The van der Waals surface area contributed by atoms with E-state index < -0.39 is 11.9 Å². The van der Waals surface area contributed by atoms with Crippen LogP contribution in [0.15, 0.2) is 59.6 Å². The SMILES string of the molecule is O=C(CCCCN1C(=O)N=C2C=CC=CC2C1=O)NCCSCc1ccccc1. The Morgan fingerprint density at radius 3 is 2.79 bits per heavy atom. The highest BCUT2D eigenvalue weighted by Crippen LogP contribution is 2.20. The first-order valence-corrected chi connectivity index (χ1v) is 11.0. The number of urea groups is 1. The molecular weight excluding hydrogens is 386 g/mol. The Bertz CT molecular complexity index is 833. The van der Waals surface area contributed by atoms with Crippen LogP contribution in [-0.2, 0) is 15.3 Å². The van der Waals surface area contributed by atoms with Gasteiger partial charge in [0, 0.05) is 31.0 Å². The van der Waals surface area contributed by atoms with Gasteiger partial charge in [-0.25, -0.2) is 4.79 Å². The van der Waals surface area contributed by atoms with Gasteiger partial charge >= 0.3 is 6.03 Å². The van der Waals surface area contributed by atoms with Gasteiger partial charge in [-0.1, -0.05) is 48.6 Å². The Labute approximate surface area is 175 Å². The van der Waals surface area contributed by atoms with E-state index in [0.29, 0.717) is 38.1 Å². The maximum atomic E-state index is 12.5. The quantitative estimate of drug-likeness (QED) is 0.599. The minimum Gasteiger partial charge on any atom is -0.355 e. The first kappa shape index (κ1) is 21.0. The molecule has 0 fully saturated rings. The summed E-state index contributed by atoms with van der Waals surface area (Å²) >= 11 is 1.79. The lowest BCUT2D eigenvalue weighted by molar-refractivity contribution is -0.129. The third-order valence-corrected chi connectivity index (χ3v) is 5.73. The summed E-state index contributed by atoms with van der Waals surface area (Å²) in [5, 5.41) is 2.92. The van der Waals surface area contributed by atoms with Crippen molar-refractivity contribution < 1.29 is 14.4 Å². The van der Waals surface area contributed by atoms with E-state index in [2.05, 4.69) is 22.4 Å². The number of imide groups is 1. The molecule has 1 atom stereocenters. The van der Waals surface area contributed by atoms with Crippen molar-refractivity contribution in [2.45, 2.75) is 25.0 Å². The number of carbonyl (C=O) groups is 3. The zero-order valence-electron chi connectivity index (χ0n) is 16.3. The predicted octanol–water partition coefficient (Wildman–Crippen LogP) is 3.35. The van der Waals surface area contributed by atoms with Crippen LogP contribution >= 0.6 is 11.8 Å². The van der Waals surface area contributed by atoms with Crippen LogP contribution in [0.5, 0.6) is 0 Å². The Morgan fingerprint density at radius 1 is 1.14 bits per heavy atom. The molecule has 1 aliphatic carbocycles. The lowest BCUT2D eigenvalue weighted by atomic mass is 9.95. The minimum atomic E-state index is -0.513. The van der Waals surface area contributed by atoms with Crippen molar-refractivity contribution in [2.24, 2.45) is 10.9 Å². The molecule has 1 aliphatic heterocycles. The highest BCUT2D eigenvalue weighted by atomic mass is 32.2. The van der Waals surface area contributed by atoms with Gasteiger partial charge in [-0.15, -0.1) is 0 Å². The molecule has 0 bridgehead atoms. The van der Waals surface area contributed by atoms with Gasteiger partial charge in [0.1, 0.15) is 0 Å². The van der Waals surface area contributed by atoms with E-state index in [-0.39, 0.29) is 11.8 Å². The summed E-state index contributed by atoms with van der Waals surface area (Å²) in [5.41, 5.74) is 1.78. The van der Waals surface area contributed by atoms with E-state index in [0.717, 1.165) is 11.5 Å². The highest BCUT2D eigenvalue weighted by Gasteiger charge is 2.35. The summed E-state index contributed by atoms with van der Waals surface area (Å²) in [6.45, 7) is 0.932. The lowest BCUT2D eigenvalue weighted by Crippen LogP contribution is -2.46. The van der Waals surface area contributed by atoms with Crippen molar-refractivity contribution in [1.29, 1.82) is 0 Å². The molecule has 29 heavy (non-hydrogen) atoms. The van der Waals surface area contributed by atoms with Crippen molar-refractivity contribution in [1.82, 2.24) is 10.2 Å². The molecule has 1 aromatic rings. The summed E-state index contributed by atoms with van der Waals surface area (Å²) in [5.74, 6) is 1.10. The molecule has 0 saturated heterocycles. The minimum absolute atomic E-state index is 0.00210. The third-order valence-electron chi connectivity index (χ3n) is 4.70. The first-order chi connectivity index (χ1) is 14.1. The highest BCUT2D eigenvalue weighted by molar-refractivity contribution is 7.98. The molecule has 0 saturated carbocycles. The summed E-state index contributed by atoms with van der Waals surface area (Å²) < 4.78 is 0. The van der Waals surface area contributed by atoms with Crippen LogP contribution < -0.4 is 5.32 Å². The molecular formula is C22H25N3O3S. The molecule has 0 radical (unpaired) electrons. The number of hydrogen-bond donors (Lipinski definition) is 1. The molecule has 2 aliphatic rings. The van der Waals surface area contributed by atoms with E-state index in [1.165, 1.54) is 10.5 Å². The van der Waals surface area contributed by atoms with Gasteiger partial charge in [-0.05, 0) is 24.5 Å². The van der Waals surface area contributed by atoms with Crippen LogP contribution in [0.1, 0.15) is 24.8 Å². The number of carbonyl (C=O) groups excluding carboxylic acids is 3. The second-order valence-electron chi connectivity index (χ2n) is 6.88. The summed E-state index contributed by atoms with van der Waals surface area (Å²) in [6.07, 6.45) is 8.61. The molecule has 3 rings (SSSR count). The number of amides is 4. The average molecular weight is 412 g/mol. The first-order valence-electron chi connectivity index (χ1n) is 9.82. The number of hydrogen-bond acceptors (Lipinski definition) is 4. The molecule has 0 aromatic heterocycles. The molecule has 1 aromatic carbocycles. The monoisotopic (exact) mass is 411 g/mol. The number of allylic oxidation sites excluding steroid dienone is 3. The van der Waals surface area contributed by atoms with E-state index in [1.807, 2.05) is 18.2 Å². The van der Waals surface area contributed by atoms with E-state index in [1.54, 1.807) is 36.1 Å². The van der Waals surface area contributed by atoms with Gasteiger partial charge in [-0.2, -0.15) is 16.8 Å². The fraction of sp³-hybridized carbons (Fsp3) is 0.364. The van der Waals surface area contributed by atoms with Gasteiger partial charge < -0.3 is 5.32 Å². The number of benzene rings is 1. The van der Waals surface area contributed by atoms with Gasteiger partial charge in [0.05, 0.1) is 11.6 Å². The van der Waals surface area contributed by atoms with Crippen molar-refractivity contribution in [3.63, 3.8) is 0 Å². The smallest absolute Gasteiger partial charge is 0.350 e. The maximum Gasteiger partial charge on any atom is 0.350 e. The van der Waals surface area contributed by atoms with Crippen LogP contribution in [0.25, 0.3) is 0 Å². The Morgan fingerprint density at radius 2 is 1.97 bits per heavy atom. The number of aliphatic imine (C=N–C) groups is 1. The molecule has 4 amide bonds. The van der Waals surface area contributed by atoms with Gasteiger partial charge in [0.25, 0.3) is 0 Å². The Hall–Kier alpha value is -2.67. The van der Waals surface area contributed by atoms with Gasteiger partial charge in [-0.3, -0.25) is 14.5 Å². The average Bonchev–Trinajstić information content (AvgIpc) is 2.73. The van der Waals surface area contributed by atoms with Crippen LogP contribution in [-0.4, -0.2) is 47.3 Å². The van der Waals surface area contributed by atoms with Crippen LogP contribution in [0.4, 0.5) is 4.79 Å². The largest absolute Gasteiger partial charge is 0.355 e. The van der Waals surface area contributed by atoms with Crippen molar-refractivity contribution in [3.05, 3.63) is 60.2 Å². The fourth-order valence-electron chi connectivity index (χ4n) is 3.16. The van der Waals surface area contributed by atoms with Gasteiger partial charge in [0.15, 0.2) is 0 Å². The second kappa shape index (κ2) is 10.8. The van der Waals surface area contributed by atoms with E-state index in [4.69, 9.17) is 0 Å². The number of thioether (sulfide) groups is 1. The number of fused-ring (bicyclic) bond motifs is 1. The zero-order valence-corrected chi connectivity index (χ0v) is 17.1. The second-order valence-corrected chi connectivity index (χ2v) is 7.98. The number of unbranched alkanes of at least 4 members (excludes halogenated alkanes) is 1.